The van der Waals surface area contributed by atoms with Gasteiger partial charge in [-0.3, -0.25) is 0 Å². The van der Waals surface area contributed by atoms with Gasteiger partial charge in [-0.05, 0) is 20.6 Å². The number of halogens is 3. The molecule has 1 nitrogen and oxygen atoms in total. The molecule has 3 rings (SSSR count). The van der Waals surface area contributed by atoms with Crippen molar-refractivity contribution in [3.63, 3.8) is 0 Å². The number of benzene rings is 2. The fraction of sp³-hybridized carbons (Fsp3) is 0.200. The molecule has 1 radical (unpaired) electrons. The van der Waals surface area contributed by atoms with Gasteiger partial charge in [0.05, 0.1) is 0 Å². The smallest absolute Gasteiger partial charge is 1.00 e. The van der Waals surface area contributed by atoms with Crippen molar-refractivity contribution in [2.75, 3.05) is 20.6 Å². The summed E-state index contributed by atoms with van der Waals surface area (Å²) < 4.78 is 0. The topological polar surface area (TPSA) is 3.24 Å². The Bertz CT molecular complexity index is 626. The molecule has 5 heteroatoms. The van der Waals surface area contributed by atoms with Crippen LogP contribution in [0.15, 0.2) is 72.8 Å². The molecule has 0 aliphatic rings. The van der Waals surface area contributed by atoms with Crippen molar-refractivity contribution in [3.05, 3.63) is 84.3 Å². The molecule has 0 atom stereocenters. The Labute approximate surface area is 185 Å². The van der Waals surface area contributed by atoms with Crippen molar-refractivity contribution in [1.82, 2.24) is 4.90 Å². The van der Waals surface area contributed by atoms with Crippen LogP contribution in [-0.2, 0) is 21.7 Å². The molecule has 0 saturated heterocycles. The number of nitrogens with zero attached hydrogens (tertiary/aromatic N) is 1. The first-order chi connectivity index (χ1) is 10.2. The third-order valence-corrected chi connectivity index (χ3v) is 3.37. The predicted molar refractivity (Wildman–Crippen MR) is 92.6 cm³/mol. The van der Waals surface area contributed by atoms with E-state index in [0.29, 0.717) is 0 Å². The summed E-state index contributed by atoms with van der Waals surface area (Å²) in [5, 5.41) is 2.66. The fourth-order valence-electron chi connectivity index (χ4n) is 2.36. The van der Waals surface area contributed by atoms with Crippen LogP contribution in [-0.4, -0.2) is 25.5 Å². The summed E-state index contributed by atoms with van der Waals surface area (Å²) in [4.78, 5) is 2.18. The largest absolute Gasteiger partial charge is 3.00 e. The average molecular weight is 432 g/mol. The third-order valence-electron chi connectivity index (χ3n) is 3.37. The van der Waals surface area contributed by atoms with Gasteiger partial charge in [-0.2, -0.15) is 41.1 Å². The monoisotopic (exact) mass is 430 g/mol. The Morgan fingerprint density at radius 2 is 1.40 bits per heavy atom. The van der Waals surface area contributed by atoms with E-state index in [9.17, 15) is 0 Å². The molecule has 0 spiro atoms. The maximum Gasteiger partial charge on any atom is 3.00 e. The summed E-state index contributed by atoms with van der Waals surface area (Å²) in [6, 6.07) is 25.2. The van der Waals surface area contributed by atoms with Crippen LogP contribution in [0.2, 0.25) is 0 Å². The molecule has 0 bridgehead atoms. The van der Waals surface area contributed by atoms with Crippen LogP contribution in [0.25, 0.3) is 10.8 Å². The quantitative estimate of drug-likeness (QED) is 0.300. The summed E-state index contributed by atoms with van der Waals surface area (Å²) in [6.45, 7) is 3.21. The van der Waals surface area contributed by atoms with E-state index in [1.165, 1.54) is 22.3 Å². The van der Waals surface area contributed by atoms with Gasteiger partial charge in [0.25, 0.3) is 0 Å². The molecular formula is C20H23Cl3NTi-2. The predicted octanol–water partition coefficient (Wildman–Crippen LogP) is -4.24. The molecule has 0 fully saturated rings. The van der Waals surface area contributed by atoms with Crippen LogP contribution in [0.1, 0.15) is 12.5 Å². The van der Waals surface area contributed by atoms with Crippen molar-refractivity contribution in [2.24, 2.45) is 0 Å². The van der Waals surface area contributed by atoms with E-state index in [0.717, 1.165) is 6.54 Å². The number of likely N-dealkylation sites (N-methyl/N-ethyl adjacent to an activating group) is 1. The van der Waals surface area contributed by atoms with E-state index in [2.05, 4.69) is 92.6 Å². The number of hydrogen-bond acceptors (Lipinski definition) is 1. The second-order valence-corrected chi connectivity index (χ2v) is 5.54. The minimum Gasteiger partial charge on any atom is -1.00 e. The van der Waals surface area contributed by atoms with Crippen molar-refractivity contribution in [1.29, 1.82) is 0 Å². The standard InChI is InChI=1S/C11H16N.C9H7.3ClH.Ti/c1-10(9-12(2)3)11-7-5-4-6-8-11;1-2-5-9-7-3-6-8(9)4-1;;;;/h4-8H,9H2,1-3H3;1-7H;3*1H;/q2*-1;;;;+3/p-3. The SMILES string of the molecule is C[C-](CN(C)C)c1ccccc1.[Cl-].[Cl-].[Cl-].[Ti+3].c1ccc2[cH-]ccc2c1. The van der Waals surface area contributed by atoms with Crippen LogP contribution < -0.4 is 37.2 Å². The summed E-state index contributed by atoms with van der Waals surface area (Å²) in [7, 11) is 4.18. The number of fused-ring (bicyclic) bond motifs is 1. The van der Waals surface area contributed by atoms with Crippen molar-refractivity contribution in [3.8, 4) is 0 Å². The minimum atomic E-state index is 0. The Morgan fingerprint density at radius 1 is 0.840 bits per heavy atom. The van der Waals surface area contributed by atoms with E-state index in [4.69, 9.17) is 0 Å². The zero-order chi connectivity index (χ0) is 15.1. The van der Waals surface area contributed by atoms with Gasteiger partial charge in [-0.25, -0.2) is 0 Å². The summed E-state index contributed by atoms with van der Waals surface area (Å²) >= 11 is 0. The zero-order valence-corrected chi connectivity index (χ0v) is 18.5. The molecule has 0 heterocycles. The van der Waals surface area contributed by atoms with Crippen LogP contribution >= 0.6 is 0 Å². The van der Waals surface area contributed by atoms with E-state index < -0.39 is 0 Å². The van der Waals surface area contributed by atoms with Crippen molar-refractivity contribution < 1.29 is 58.9 Å². The fourth-order valence-corrected chi connectivity index (χ4v) is 2.36. The first-order valence-corrected chi connectivity index (χ1v) is 7.30. The van der Waals surface area contributed by atoms with Crippen molar-refractivity contribution in [2.45, 2.75) is 6.92 Å². The average Bonchev–Trinajstić information content (AvgIpc) is 2.96. The molecule has 135 valence electrons. The van der Waals surface area contributed by atoms with E-state index in [1.54, 1.807) is 0 Å². The maximum absolute atomic E-state index is 2.18. The molecule has 0 N–H and O–H groups in total. The molecule has 25 heavy (non-hydrogen) atoms. The van der Waals surface area contributed by atoms with Crippen LogP contribution in [0.3, 0.4) is 0 Å². The van der Waals surface area contributed by atoms with E-state index >= 15 is 0 Å². The molecule has 0 aliphatic heterocycles. The summed E-state index contributed by atoms with van der Waals surface area (Å²) in [5.74, 6) is 1.42. The summed E-state index contributed by atoms with van der Waals surface area (Å²) in [5.41, 5.74) is 1.34. The maximum atomic E-state index is 2.18. The second-order valence-electron chi connectivity index (χ2n) is 5.54. The molecule has 0 aromatic heterocycles. The van der Waals surface area contributed by atoms with Gasteiger partial charge in [0.1, 0.15) is 0 Å². The van der Waals surface area contributed by atoms with Crippen LogP contribution in [0.4, 0.5) is 0 Å². The molecule has 0 amide bonds. The van der Waals surface area contributed by atoms with Gasteiger partial charge in [-0.15, -0.1) is 41.8 Å². The van der Waals surface area contributed by atoms with Gasteiger partial charge >= 0.3 is 21.7 Å². The zero-order valence-electron chi connectivity index (χ0n) is 14.7. The van der Waals surface area contributed by atoms with Gasteiger partial charge in [0, 0.05) is 0 Å². The third kappa shape index (κ3) is 10.3. The molecule has 3 aromatic rings. The minimum absolute atomic E-state index is 0. The molecule has 0 unspecified atom stereocenters. The second kappa shape index (κ2) is 15.7. The van der Waals surface area contributed by atoms with Gasteiger partial charge < -0.3 is 42.1 Å². The Kier molecular flexibility index (Phi) is 18.4. The normalized spacial score (nSPS) is 8.64. The number of rotatable bonds is 3. The molecule has 3 aromatic carbocycles. The van der Waals surface area contributed by atoms with Crippen LogP contribution in [0, 0.1) is 5.92 Å². The first kappa shape index (κ1) is 29.2. The Balaban J connectivity index is -0.000000341. The van der Waals surface area contributed by atoms with Gasteiger partial charge in [0.15, 0.2) is 0 Å². The van der Waals surface area contributed by atoms with E-state index in [1.807, 2.05) is 6.07 Å². The molecular weight excluding hydrogens is 408 g/mol. The molecule has 0 saturated carbocycles. The Hall–Kier alpha value is -0.536. The van der Waals surface area contributed by atoms with Crippen LogP contribution in [0.5, 0.6) is 0 Å². The number of hydrogen-bond donors (Lipinski definition) is 0. The van der Waals surface area contributed by atoms with Gasteiger partial charge in [0.2, 0.25) is 0 Å². The Morgan fingerprint density at radius 3 is 1.96 bits per heavy atom. The van der Waals surface area contributed by atoms with E-state index in [-0.39, 0.29) is 58.9 Å². The van der Waals surface area contributed by atoms with Crippen molar-refractivity contribution >= 4 is 10.8 Å². The molecule has 0 aliphatic carbocycles. The summed E-state index contributed by atoms with van der Waals surface area (Å²) in [6.07, 6.45) is 0. The van der Waals surface area contributed by atoms with Gasteiger partial charge in [-0.1, -0.05) is 19.1 Å². The first-order valence-electron chi connectivity index (χ1n) is 7.30.